The maximum Gasteiger partial charge on any atom is 0.262 e. The molecule has 2 heterocycles. The molecule has 0 unspecified atom stereocenters. The van der Waals surface area contributed by atoms with Gasteiger partial charge < -0.3 is 4.90 Å². The second-order valence-corrected chi connectivity index (χ2v) is 9.08. The van der Waals surface area contributed by atoms with Crippen molar-refractivity contribution in [3.8, 4) is 11.3 Å². The lowest BCUT2D eigenvalue weighted by Gasteiger charge is -2.15. The molecule has 0 aliphatic carbocycles. The van der Waals surface area contributed by atoms with E-state index in [1.807, 2.05) is 18.2 Å². The van der Waals surface area contributed by atoms with Gasteiger partial charge in [0.1, 0.15) is 0 Å². The normalized spacial score (nSPS) is 14.2. The summed E-state index contributed by atoms with van der Waals surface area (Å²) in [5, 5.41) is 9.07. The Morgan fingerprint density at radius 2 is 1.76 bits per heavy atom. The molecule has 150 valence electrons. The monoisotopic (exact) mass is 428 g/mol. The molecule has 0 spiro atoms. The lowest BCUT2D eigenvalue weighted by atomic mass is 10.1. The smallest absolute Gasteiger partial charge is 0.262 e. The number of nitrogens with zero attached hydrogens (tertiary/aromatic N) is 3. The lowest BCUT2D eigenvalue weighted by Crippen LogP contribution is -2.19. The van der Waals surface area contributed by atoms with Crippen LogP contribution >= 0.6 is 11.6 Å². The van der Waals surface area contributed by atoms with E-state index in [1.54, 1.807) is 37.3 Å². The minimum Gasteiger partial charge on any atom is -0.355 e. The number of halogens is 1. The summed E-state index contributed by atoms with van der Waals surface area (Å²) in [6, 6.07) is 15.8. The first kappa shape index (κ1) is 19.7. The average molecular weight is 429 g/mol. The Bertz CT molecular complexity index is 1130. The van der Waals surface area contributed by atoms with Gasteiger partial charge in [0.2, 0.25) is 0 Å². The van der Waals surface area contributed by atoms with E-state index in [0.717, 1.165) is 24.5 Å². The highest BCUT2D eigenvalue weighted by atomic mass is 35.5. The van der Waals surface area contributed by atoms with Gasteiger partial charge in [0, 0.05) is 29.4 Å². The zero-order valence-corrected chi connectivity index (χ0v) is 17.5. The van der Waals surface area contributed by atoms with Gasteiger partial charge in [0.25, 0.3) is 10.0 Å². The van der Waals surface area contributed by atoms with Gasteiger partial charge in [0.15, 0.2) is 5.82 Å². The van der Waals surface area contributed by atoms with E-state index in [2.05, 4.69) is 19.8 Å². The maximum atomic E-state index is 12.8. The number of hydrogen-bond acceptors (Lipinski definition) is 5. The highest BCUT2D eigenvalue weighted by Gasteiger charge is 2.19. The third-order valence-electron chi connectivity index (χ3n) is 5.00. The standard InChI is InChI=1S/C21H21ClN4O2S/c1-15-18(22)8-5-9-20(15)29(27,28)25-17-7-4-6-16(14-17)19-10-11-21(24-23-19)26-12-2-3-13-26/h4-11,14,25H,2-3,12-13H2,1H3. The molecule has 8 heteroatoms. The number of aromatic nitrogens is 2. The molecule has 1 saturated heterocycles. The summed E-state index contributed by atoms with van der Waals surface area (Å²) < 4.78 is 28.2. The Balaban J connectivity index is 1.58. The van der Waals surface area contributed by atoms with Crippen LogP contribution in [0.2, 0.25) is 5.02 Å². The Kier molecular flexibility index (Phi) is 5.43. The van der Waals surface area contributed by atoms with Crippen molar-refractivity contribution in [2.75, 3.05) is 22.7 Å². The molecule has 4 rings (SSSR count). The van der Waals surface area contributed by atoms with E-state index in [9.17, 15) is 8.42 Å². The fourth-order valence-electron chi connectivity index (χ4n) is 3.43. The predicted octanol–water partition coefficient (Wildman–Crippen LogP) is 4.51. The van der Waals surface area contributed by atoms with E-state index in [1.165, 1.54) is 18.9 Å². The summed E-state index contributed by atoms with van der Waals surface area (Å²) in [6.45, 7) is 3.70. The van der Waals surface area contributed by atoms with Crippen molar-refractivity contribution >= 4 is 33.1 Å². The van der Waals surface area contributed by atoms with Crippen molar-refractivity contribution in [2.45, 2.75) is 24.7 Å². The van der Waals surface area contributed by atoms with Crippen molar-refractivity contribution in [1.82, 2.24) is 10.2 Å². The minimum absolute atomic E-state index is 0.158. The Labute approximate surface area is 175 Å². The maximum absolute atomic E-state index is 12.8. The van der Waals surface area contributed by atoms with Crippen molar-refractivity contribution in [1.29, 1.82) is 0 Å². The molecule has 1 aliphatic heterocycles. The van der Waals surface area contributed by atoms with Crippen LogP contribution in [0, 0.1) is 6.92 Å². The summed E-state index contributed by atoms with van der Waals surface area (Å²) in [4.78, 5) is 2.37. The summed E-state index contributed by atoms with van der Waals surface area (Å²) in [5.41, 5.74) is 2.44. The molecule has 6 nitrogen and oxygen atoms in total. The van der Waals surface area contributed by atoms with Crippen LogP contribution in [0.15, 0.2) is 59.5 Å². The molecular formula is C21H21ClN4O2S. The molecule has 0 radical (unpaired) electrons. The van der Waals surface area contributed by atoms with Crippen LogP contribution in [0.1, 0.15) is 18.4 Å². The van der Waals surface area contributed by atoms with Crippen LogP contribution in [0.5, 0.6) is 0 Å². The number of anilines is 2. The predicted molar refractivity (Wildman–Crippen MR) is 116 cm³/mol. The Hall–Kier alpha value is -2.64. The quantitative estimate of drug-likeness (QED) is 0.647. The largest absolute Gasteiger partial charge is 0.355 e. The topological polar surface area (TPSA) is 75.2 Å². The van der Waals surface area contributed by atoms with Gasteiger partial charge in [-0.15, -0.1) is 10.2 Å². The third-order valence-corrected chi connectivity index (χ3v) is 6.93. The fourth-order valence-corrected chi connectivity index (χ4v) is 4.97. The molecule has 1 N–H and O–H groups in total. The van der Waals surface area contributed by atoms with E-state index >= 15 is 0 Å². The van der Waals surface area contributed by atoms with Crippen LogP contribution in [0.4, 0.5) is 11.5 Å². The second kappa shape index (κ2) is 8.00. The number of benzene rings is 2. The zero-order chi connectivity index (χ0) is 20.4. The van der Waals surface area contributed by atoms with Crippen molar-refractivity contribution in [2.24, 2.45) is 0 Å². The lowest BCUT2D eigenvalue weighted by molar-refractivity contribution is 0.600. The Morgan fingerprint density at radius 3 is 2.48 bits per heavy atom. The summed E-state index contributed by atoms with van der Waals surface area (Å²) in [6.07, 6.45) is 2.36. The average Bonchev–Trinajstić information content (AvgIpc) is 3.25. The minimum atomic E-state index is -3.76. The van der Waals surface area contributed by atoms with Crippen LogP contribution in [0.25, 0.3) is 11.3 Å². The molecular weight excluding hydrogens is 408 g/mol. The van der Waals surface area contributed by atoms with Crippen molar-refractivity contribution in [3.63, 3.8) is 0 Å². The van der Waals surface area contributed by atoms with Gasteiger partial charge in [-0.3, -0.25) is 4.72 Å². The zero-order valence-electron chi connectivity index (χ0n) is 16.0. The summed E-state index contributed by atoms with van der Waals surface area (Å²) in [5.74, 6) is 0.875. The van der Waals surface area contributed by atoms with E-state index in [-0.39, 0.29) is 4.90 Å². The highest BCUT2D eigenvalue weighted by Crippen LogP contribution is 2.27. The van der Waals surface area contributed by atoms with Gasteiger partial charge in [-0.25, -0.2) is 8.42 Å². The third kappa shape index (κ3) is 4.21. The molecule has 2 aromatic carbocycles. The molecule has 1 fully saturated rings. The number of nitrogens with one attached hydrogen (secondary N) is 1. The van der Waals surface area contributed by atoms with Crippen LogP contribution in [0.3, 0.4) is 0 Å². The first-order chi connectivity index (χ1) is 13.9. The molecule has 0 saturated carbocycles. The molecule has 0 amide bonds. The second-order valence-electron chi connectivity index (χ2n) is 7.02. The number of sulfonamides is 1. The summed E-state index contributed by atoms with van der Waals surface area (Å²) >= 11 is 6.08. The van der Waals surface area contributed by atoms with E-state index in [4.69, 9.17) is 11.6 Å². The number of rotatable bonds is 5. The van der Waals surface area contributed by atoms with E-state index in [0.29, 0.717) is 22.0 Å². The SMILES string of the molecule is Cc1c(Cl)cccc1S(=O)(=O)Nc1cccc(-c2ccc(N3CCCC3)nn2)c1. The number of hydrogen-bond donors (Lipinski definition) is 1. The molecule has 1 aromatic heterocycles. The Morgan fingerprint density at radius 1 is 1.00 bits per heavy atom. The molecule has 0 bridgehead atoms. The molecule has 0 atom stereocenters. The van der Waals surface area contributed by atoms with Crippen LogP contribution in [-0.2, 0) is 10.0 Å². The van der Waals surface area contributed by atoms with Gasteiger partial charge in [-0.2, -0.15) is 0 Å². The summed E-state index contributed by atoms with van der Waals surface area (Å²) in [7, 11) is -3.76. The van der Waals surface area contributed by atoms with Gasteiger partial charge in [-0.1, -0.05) is 29.8 Å². The first-order valence-corrected chi connectivity index (χ1v) is 11.3. The van der Waals surface area contributed by atoms with Crippen LogP contribution < -0.4 is 9.62 Å². The fraction of sp³-hybridized carbons (Fsp3) is 0.238. The highest BCUT2D eigenvalue weighted by molar-refractivity contribution is 7.92. The van der Waals surface area contributed by atoms with Crippen molar-refractivity contribution < 1.29 is 8.42 Å². The van der Waals surface area contributed by atoms with E-state index < -0.39 is 10.0 Å². The first-order valence-electron chi connectivity index (χ1n) is 9.41. The molecule has 29 heavy (non-hydrogen) atoms. The molecule has 1 aliphatic rings. The molecule has 3 aromatic rings. The van der Waals surface area contributed by atoms with Crippen LogP contribution in [-0.4, -0.2) is 31.7 Å². The van der Waals surface area contributed by atoms with Gasteiger partial charge >= 0.3 is 0 Å². The van der Waals surface area contributed by atoms with Gasteiger partial charge in [0.05, 0.1) is 10.6 Å². The van der Waals surface area contributed by atoms with Gasteiger partial charge in [-0.05, 0) is 61.7 Å². The van der Waals surface area contributed by atoms with Crippen molar-refractivity contribution in [3.05, 3.63) is 65.2 Å².